The molecule has 1 aliphatic carbocycles. The minimum absolute atomic E-state index is 0.0372. The number of ether oxygens (including phenoxy) is 1. The van der Waals surface area contributed by atoms with Crippen LogP contribution in [0.15, 0.2) is 23.1 Å². The molecule has 0 spiro atoms. The van der Waals surface area contributed by atoms with E-state index in [0.717, 1.165) is 24.1 Å². The quantitative estimate of drug-likeness (QED) is 0.736. The lowest BCUT2D eigenvalue weighted by Crippen LogP contribution is -2.42. The molecule has 2 fully saturated rings. The SMILES string of the molecule is C[C@@H]1Cc2cc(S(=O)(=O)NCCC(=O)N3CCOCC3)ccc2N1C(=O)C1CC1. The summed E-state index contributed by atoms with van der Waals surface area (Å²) in [4.78, 5) is 28.4. The summed E-state index contributed by atoms with van der Waals surface area (Å²) in [5, 5.41) is 0. The number of morpholine rings is 1. The number of nitrogens with one attached hydrogen (secondary N) is 1. The van der Waals surface area contributed by atoms with Crippen molar-refractivity contribution in [3.8, 4) is 0 Å². The number of hydrogen-bond donors (Lipinski definition) is 1. The van der Waals surface area contributed by atoms with Crippen LogP contribution in [0.4, 0.5) is 5.69 Å². The van der Waals surface area contributed by atoms with Crippen LogP contribution in [0.25, 0.3) is 0 Å². The molecule has 1 N–H and O–H groups in total. The monoisotopic (exact) mass is 421 g/mol. The fourth-order valence-electron chi connectivity index (χ4n) is 3.98. The topological polar surface area (TPSA) is 96.0 Å². The maximum absolute atomic E-state index is 12.7. The Labute approximate surface area is 171 Å². The first-order chi connectivity index (χ1) is 13.9. The molecule has 0 radical (unpaired) electrons. The lowest BCUT2D eigenvalue weighted by molar-refractivity contribution is -0.135. The van der Waals surface area contributed by atoms with Gasteiger partial charge in [-0.05, 0) is 49.9 Å². The molecule has 4 rings (SSSR count). The summed E-state index contributed by atoms with van der Waals surface area (Å²) in [6.07, 6.45) is 2.64. The predicted molar refractivity (Wildman–Crippen MR) is 107 cm³/mol. The Hall–Kier alpha value is -1.97. The van der Waals surface area contributed by atoms with Crippen molar-refractivity contribution < 1.29 is 22.7 Å². The average molecular weight is 422 g/mol. The molecule has 8 nitrogen and oxygen atoms in total. The van der Waals surface area contributed by atoms with Crippen molar-refractivity contribution in [3.63, 3.8) is 0 Å². The minimum Gasteiger partial charge on any atom is -0.378 e. The molecule has 29 heavy (non-hydrogen) atoms. The van der Waals surface area contributed by atoms with Crippen molar-refractivity contribution in [3.05, 3.63) is 23.8 Å². The molecule has 2 heterocycles. The van der Waals surface area contributed by atoms with Gasteiger partial charge in [0.1, 0.15) is 0 Å². The summed E-state index contributed by atoms with van der Waals surface area (Å²) in [5.74, 6) is 0.192. The van der Waals surface area contributed by atoms with Crippen LogP contribution in [0.2, 0.25) is 0 Å². The van der Waals surface area contributed by atoms with Crippen LogP contribution in [-0.2, 0) is 30.8 Å². The zero-order chi connectivity index (χ0) is 20.6. The number of anilines is 1. The maximum Gasteiger partial charge on any atom is 0.240 e. The van der Waals surface area contributed by atoms with Gasteiger partial charge in [-0.1, -0.05) is 0 Å². The van der Waals surface area contributed by atoms with Crippen LogP contribution >= 0.6 is 0 Å². The van der Waals surface area contributed by atoms with Crippen LogP contribution in [0.1, 0.15) is 31.7 Å². The van der Waals surface area contributed by atoms with Gasteiger partial charge in [0, 0.05) is 43.7 Å². The van der Waals surface area contributed by atoms with Crippen LogP contribution in [-0.4, -0.2) is 64.0 Å². The molecule has 1 aromatic carbocycles. The van der Waals surface area contributed by atoms with E-state index in [-0.39, 0.29) is 41.6 Å². The van der Waals surface area contributed by atoms with Gasteiger partial charge in [0.2, 0.25) is 21.8 Å². The fraction of sp³-hybridized carbons (Fsp3) is 0.600. The maximum atomic E-state index is 12.7. The lowest BCUT2D eigenvalue weighted by Gasteiger charge is -2.26. The zero-order valence-electron chi connectivity index (χ0n) is 16.6. The van der Waals surface area contributed by atoms with Gasteiger partial charge in [-0.2, -0.15) is 0 Å². The number of benzene rings is 1. The van der Waals surface area contributed by atoms with E-state index in [9.17, 15) is 18.0 Å². The predicted octanol–water partition coefficient (Wildman–Crippen LogP) is 0.901. The van der Waals surface area contributed by atoms with E-state index < -0.39 is 10.0 Å². The van der Waals surface area contributed by atoms with Crippen molar-refractivity contribution in [2.24, 2.45) is 5.92 Å². The first kappa shape index (κ1) is 20.3. The van der Waals surface area contributed by atoms with Gasteiger partial charge in [0.25, 0.3) is 0 Å². The lowest BCUT2D eigenvalue weighted by atomic mass is 10.1. The largest absolute Gasteiger partial charge is 0.378 e. The summed E-state index contributed by atoms with van der Waals surface area (Å²) in [5.41, 5.74) is 1.69. The van der Waals surface area contributed by atoms with Gasteiger partial charge in [-0.3, -0.25) is 9.59 Å². The van der Waals surface area contributed by atoms with Crippen molar-refractivity contribution in [2.75, 3.05) is 37.7 Å². The van der Waals surface area contributed by atoms with Crippen molar-refractivity contribution in [1.82, 2.24) is 9.62 Å². The average Bonchev–Trinajstić information content (AvgIpc) is 3.50. The molecule has 1 saturated carbocycles. The van der Waals surface area contributed by atoms with Crippen LogP contribution < -0.4 is 9.62 Å². The van der Waals surface area contributed by atoms with Crippen LogP contribution in [0, 0.1) is 5.92 Å². The van der Waals surface area contributed by atoms with Crippen molar-refractivity contribution in [1.29, 1.82) is 0 Å². The Balaban J connectivity index is 1.39. The molecule has 0 aromatic heterocycles. The van der Waals surface area contributed by atoms with Gasteiger partial charge in [-0.15, -0.1) is 0 Å². The van der Waals surface area contributed by atoms with E-state index in [0.29, 0.717) is 32.7 Å². The highest BCUT2D eigenvalue weighted by Gasteiger charge is 2.39. The summed E-state index contributed by atoms with van der Waals surface area (Å²) in [6.45, 7) is 4.17. The first-order valence-corrected chi connectivity index (χ1v) is 11.7. The highest BCUT2D eigenvalue weighted by molar-refractivity contribution is 7.89. The van der Waals surface area contributed by atoms with E-state index in [1.807, 2.05) is 11.8 Å². The number of rotatable bonds is 6. The standard InChI is InChI=1S/C20H27N3O5S/c1-14-12-16-13-17(4-5-18(16)23(14)20(25)15-2-3-15)29(26,27)21-7-6-19(24)22-8-10-28-11-9-22/h4-5,13-15,21H,2-3,6-12H2,1H3/t14-/m1/s1. The molecule has 0 unspecified atom stereocenters. The number of carbonyl (C=O) groups is 2. The van der Waals surface area contributed by atoms with E-state index in [1.165, 1.54) is 6.07 Å². The van der Waals surface area contributed by atoms with E-state index in [1.54, 1.807) is 17.0 Å². The zero-order valence-corrected chi connectivity index (χ0v) is 17.4. The number of amides is 2. The van der Waals surface area contributed by atoms with E-state index >= 15 is 0 Å². The van der Waals surface area contributed by atoms with Gasteiger partial charge >= 0.3 is 0 Å². The second kappa shape index (κ2) is 8.04. The fourth-order valence-corrected chi connectivity index (χ4v) is 5.07. The molecular formula is C20H27N3O5S. The minimum atomic E-state index is -3.72. The van der Waals surface area contributed by atoms with Crippen molar-refractivity contribution in [2.45, 2.75) is 43.5 Å². The summed E-state index contributed by atoms with van der Waals surface area (Å²) in [7, 11) is -3.72. The normalized spacial score (nSPS) is 21.9. The van der Waals surface area contributed by atoms with Crippen molar-refractivity contribution >= 4 is 27.5 Å². The number of hydrogen-bond acceptors (Lipinski definition) is 5. The molecule has 0 bridgehead atoms. The summed E-state index contributed by atoms with van der Waals surface area (Å²) in [6, 6.07) is 4.95. The number of carbonyl (C=O) groups excluding carboxylic acids is 2. The summed E-state index contributed by atoms with van der Waals surface area (Å²) >= 11 is 0. The second-order valence-electron chi connectivity index (χ2n) is 7.97. The third-order valence-electron chi connectivity index (χ3n) is 5.74. The Morgan fingerprint density at radius 1 is 1.21 bits per heavy atom. The molecule has 1 saturated heterocycles. The highest BCUT2D eigenvalue weighted by atomic mass is 32.2. The van der Waals surface area contributed by atoms with E-state index in [2.05, 4.69) is 4.72 Å². The second-order valence-corrected chi connectivity index (χ2v) is 9.73. The van der Waals surface area contributed by atoms with Gasteiger partial charge < -0.3 is 14.5 Å². The summed E-state index contributed by atoms with van der Waals surface area (Å²) < 4.78 is 33.1. The van der Waals surface area contributed by atoms with Crippen LogP contribution in [0.3, 0.4) is 0 Å². The third kappa shape index (κ3) is 4.31. The Morgan fingerprint density at radius 2 is 1.93 bits per heavy atom. The molecule has 1 atom stereocenters. The molecule has 1 aromatic rings. The third-order valence-corrected chi connectivity index (χ3v) is 7.19. The van der Waals surface area contributed by atoms with Crippen LogP contribution in [0.5, 0.6) is 0 Å². The molecular weight excluding hydrogens is 394 g/mol. The van der Waals surface area contributed by atoms with E-state index in [4.69, 9.17) is 4.74 Å². The number of sulfonamides is 1. The smallest absolute Gasteiger partial charge is 0.240 e. The van der Waals surface area contributed by atoms with Gasteiger partial charge in [-0.25, -0.2) is 13.1 Å². The molecule has 2 aliphatic heterocycles. The molecule has 3 aliphatic rings. The number of nitrogens with zero attached hydrogens (tertiary/aromatic N) is 2. The Morgan fingerprint density at radius 3 is 2.62 bits per heavy atom. The first-order valence-electron chi connectivity index (χ1n) is 10.2. The highest BCUT2D eigenvalue weighted by Crippen LogP contribution is 2.39. The molecule has 158 valence electrons. The molecule has 9 heteroatoms. The number of fused-ring (bicyclic) bond motifs is 1. The van der Waals surface area contributed by atoms with Gasteiger partial charge in [0.05, 0.1) is 18.1 Å². The van der Waals surface area contributed by atoms with Gasteiger partial charge in [0.15, 0.2) is 0 Å². The molecule has 2 amide bonds. The Kier molecular flexibility index (Phi) is 5.63. The Bertz CT molecular complexity index is 907.